The molecule has 0 bridgehead atoms. The van der Waals surface area contributed by atoms with E-state index in [4.69, 9.17) is 4.74 Å². The predicted octanol–water partition coefficient (Wildman–Crippen LogP) is 1.82. The van der Waals surface area contributed by atoms with Gasteiger partial charge < -0.3 is 14.6 Å². The number of imidazole rings is 1. The Morgan fingerprint density at radius 2 is 1.85 bits per heavy atom. The molecule has 0 radical (unpaired) electrons. The van der Waals surface area contributed by atoms with Crippen molar-refractivity contribution in [2.75, 3.05) is 14.1 Å². The van der Waals surface area contributed by atoms with Crippen LogP contribution in [-0.4, -0.2) is 51.5 Å². The summed E-state index contributed by atoms with van der Waals surface area (Å²) in [4.78, 5) is 32.7. The first-order chi connectivity index (χ1) is 9.20. The Morgan fingerprint density at radius 1 is 1.25 bits per heavy atom. The average Bonchev–Trinajstić information content (AvgIpc) is 2.86. The standard InChI is InChI=1S/C13H20N4O3/c1-13(2,3)20-12(19)17(5)9-8-16(4)11(18)10-14-6-7-15-10/h6-9H,1-5H3,(H,14,15)/b9-8+. The third-order valence-corrected chi connectivity index (χ3v) is 2.22. The van der Waals surface area contributed by atoms with E-state index in [1.165, 1.54) is 28.4 Å². The number of H-pyrrole nitrogens is 1. The van der Waals surface area contributed by atoms with Crippen LogP contribution in [0.4, 0.5) is 4.79 Å². The summed E-state index contributed by atoms with van der Waals surface area (Å²) < 4.78 is 5.18. The van der Waals surface area contributed by atoms with Gasteiger partial charge in [-0.15, -0.1) is 0 Å². The Labute approximate surface area is 118 Å². The van der Waals surface area contributed by atoms with Gasteiger partial charge in [0, 0.05) is 38.9 Å². The highest BCUT2D eigenvalue weighted by Crippen LogP contribution is 2.09. The molecule has 110 valence electrons. The van der Waals surface area contributed by atoms with Crippen LogP contribution >= 0.6 is 0 Å². The molecule has 7 nitrogen and oxygen atoms in total. The lowest BCUT2D eigenvalue weighted by Crippen LogP contribution is -2.32. The minimum atomic E-state index is -0.560. The molecule has 0 unspecified atom stereocenters. The summed E-state index contributed by atoms with van der Waals surface area (Å²) in [5.74, 6) is -0.0686. The fourth-order valence-corrected chi connectivity index (χ4v) is 1.21. The summed E-state index contributed by atoms with van der Waals surface area (Å²) in [7, 11) is 3.13. The van der Waals surface area contributed by atoms with Crippen molar-refractivity contribution < 1.29 is 14.3 Å². The monoisotopic (exact) mass is 280 g/mol. The van der Waals surface area contributed by atoms with Gasteiger partial charge in [-0.25, -0.2) is 9.78 Å². The van der Waals surface area contributed by atoms with E-state index in [2.05, 4.69) is 9.97 Å². The maximum Gasteiger partial charge on any atom is 0.414 e. The largest absolute Gasteiger partial charge is 0.443 e. The van der Waals surface area contributed by atoms with Gasteiger partial charge in [0.15, 0.2) is 5.82 Å². The van der Waals surface area contributed by atoms with E-state index < -0.39 is 11.7 Å². The van der Waals surface area contributed by atoms with Gasteiger partial charge in [0.1, 0.15) is 5.60 Å². The number of rotatable bonds is 3. The van der Waals surface area contributed by atoms with Crippen LogP contribution in [0.1, 0.15) is 31.4 Å². The maximum absolute atomic E-state index is 11.9. The third kappa shape index (κ3) is 4.75. The Morgan fingerprint density at radius 3 is 2.35 bits per heavy atom. The number of aromatic nitrogens is 2. The van der Waals surface area contributed by atoms with Crippen molar-refractivity contribution in [3.8, 4) is 0 Å². The van der Waals surface area contributed by atoms with Gasteiger partial charge in [-0.1, -0.05) is 0 Å². The van der Waals surface area contributed by atoms with Crippen molar-refractivity contribution in [1.29, 1.82) is 0 Å². The van der Waals surface area contributed by atoms with E-state index in [-0.39, 0.29) is 11.7 Å². The molecule has 7 heteroatoms. The molecule has 0 aromatic carbocycles. The van der Waals surface area contributed by atoms with E-state index in [1.54, 1.807) is 41.1 Å². The molecule has 1 N–H and O–H groups in total. The molecule has 0 saturated heterocycles. The van der Waals surface area contributed by atoms with E-state index in [1.807, 2.05) is 0 Å². The van der Waals surface area contributed by atoms with Crippen molar-refractivity contribution in [3.63, 3.8) is 0 Å². The maximum atomic E-state index is 11.9. The summed E-state index contributed by atoms with van der Waals surface area (Å²) in [6.07, 6.45) is 5.49. The Kier molecular flexibility index (Phi) is 4.90. The molecule has 1 aromatic rings. The minimum Gasteiger partial charge on any atom is -0.443 e. The van der Waals surface area contributed by atoms with Crippen LogP contribution in [0, 0.1) is 0 Å². The second-order valence-electron chi connectivity index (χ2n) is 5.24. The molecule has 0 fully saturated rings. The van der Waals surface area contributed by atoms with Gasteiger partial charge in [0.25, 0.3) is 5.91 Å². The molecule has 2 amide bonds. The van der Waals surface area contributed by atoms with Crippen molar-refractivity contribution >= 4 is 12.0 Å². The SMILES string of the molecule is CN(/C=C/N(C)C(=O)c1ncc[nH]1)C(=O)OC(C)(C)C. The molecule has 0 saturated carbocycles. The molecule has 0 atom stereocenters. The van der Waals surface area contributed by atoms with Gasteiger partial charge >= 0.3 is 6.09 Å². The van der Waals surface area contributed by atoms with E-state index >= 15 is 0 Å². The third-order valence-electron chi connectivity index (χ3n) is 2.22. The lowest BCUT2D eigenvalue weighted by molar-refractivity contribution is 0.0369. The number of ether oxygens (including phenoxy) is 1. The van der Waals surface area contributed by atoms with Crippen molar-refractivity contribution in [1.82, 2.24) is 19.8 Å². The van der Waals surface area contributed by atoms with Crippen LogP contribution in [0.3, 0.4) is 0 Å². The quantitative estimate of drug-likeness (QED) is 0.916. The molecular formula is C13H20N4O3. The Balaban J connectivity index is 2.59. The van der Waals surface area contributed by atoms with Gasteiger partial charge in [0.2, 0.25) is 0 Å². The van der Waals surface area contributed by atoms with Crippen LogP contribution < -0.4 is 0 Å². The Bertz CT molecular complexity index is 488. The minimum absolute atomic E-state index is 0.233. The number of amides is 2. The van der Waals surface area contributed by atoms with Crippen LogP contribution in [-0.2, 0) is 4.74 Å². The van der Waals surface area contributed by atoms with Gasteiger partial charge in [-0.05, 0) is 20.8 Å². The smallest absolute Gasteiger partial charge is 0.414 e. The molecule has 0 spiro atoms. The van der Waals surface area contributed by atoms with Gasteiger partial charge in [-0.2, -0.15) is 0 Å². The number of hydrogen-bond donors (Lipinski definition) is 1. The van der Waals surface area contributed by atoms with Gasteiger partial charge in [-0.3, -0.25) is 9.69 Å². The van der Waals surface area contributed by atoms with E-state index in [0.717, 1.165) is 0 Å². The highest BCUT2D eigenvalue weighted by atomic mass is 16.6. The second-order valence-corrected chi connectivity index (χ2v) is 5.24. The molecule has 1 aromatic heterocycles. The summed E-state index contributed by atoms with van der Waals surface area (Å²) >= 11 is 0. The lowest BCUT2D eigenvalue weighted by atomic mass is 10.2. The van der Waals surface area contributed by atoms with Crippen LogP contribution in [0.2, 0.25) is 0 Å². The first-order valence-electron chi connectivity index (χ1n) is 6.11. The number of hydrogen-bond acceptors (Lipinski definition) is 4. The molecule has 1 rings (SSSR count). The predicted molar refractivity (Wildman–Crippen MR) is 73.8 cm³/mol. The highest BCUT2D eigenvalue weighted by Gasteiger charge is 2.18. The van der Waals surface area contributed by atoms with Crippen molar-refractivity contribution in [3.05, 3.63) is 30.6 Å². The van der Waals surface area contributed by atoms with Crippen LogP contribution in [0.5, 0.6) is 0 Å². The van der Waals surface area contributed by atoms with E-state index in [9.17, 15) is 9.59 Å². The molecule has 0 aliphatic rings. The zero-order chi connectivity index (χ0) is 15.3. The number of aromatic amines is 1. The first kappa shape index (κ1) is 15.7. The average molecular weight is 280 g/mol. The van der Waals surface area contributed by atoms with Gasteiger partial charge in [0.05, 0.1) is 0 Å². The second kappa shape index (κ2) is 6.23. The zero-order valence-corrected chi connectivity index (χ0v) is 12.4. The molecular weight excluding hydrogens is 260 g/mol. The number of carbonyl (C=O) groups is 2. The fourth-order valence-electron chi connectivity index (χ4n) is 1.21. The summed E-state index contributed by atoms with van der Waals surface area (Å²) in [6, 6.07) is 0. The van der Waals surface area contributed by atoms with Crippen molar-refractivity contribution in [2.24, 2.45) is 0 Å². The summed E-state index contributed by atoms with van der Waals surface area (Å²) in [6.45, 7) is 5.36. The zero-order valence-electron chi connectivity index (χ0n) is 12.4. The van der Waals surface area contributed by atoms with E-state index in [0.29, 0.717) is 0 Å². The Hall–Kier alpha value is -2.31. The lowest BCUT2D eigenvalue weighted by Gasteiger charge is -2.23. The van der Waals surface area contributed by atoms with Crippen molar-refractivity contribution in [2.45, 2.75) is 26.4 Å². The molecule has 0 aliphatic carbocycles. The summed E-state index contributed by atoms with van der Waals surface area (Å²) in [5, 5.41) is 0. The molecule has 1 heterocycles. The van der Waals surface area contributed by atoms with Crippen LogP contribution in [0.25, 0.3) is 0 Å². The molecule has 20 heavy (non-hydrogen) atoms. The first-order valence-corrected chi connectivity index (χ1v) is 6.11. The number of carbonyl (C=O) groups excluding carboxylic acids is 2. The fraction of sp³-hybridized carbons (Fsp3) is 0.462. The number of nitrogens with one attached hydrogen (secondary N) is 1. The summed E-state index contributed by atoms with van der Waals surface area (Å²) in [5.41, 5.74) is -0.560. The highest BCUT2D eigenvalue weighted by molar-refractivity contribution is 5.91. The normalized spacial score (nSPS) is 11.4. The van der Waals surface area contributed by atoms with Crippen LogP contribution in [0.15, 0.2) is 24.8 Å². The topological polar surface area (TPSA) is 78.5 Å². The number of nitrogens with zero attached hydrogens (tertiary/aromatic N) is 3. The molecule has 0 aliphatic heterocycles.